The van der Waals surface area contributed by atoms with Gasteiger partial charge in [-0.25, -0.2) is 4.39 Å². The number of amides is 2. The summed E-state index contributed by atoms with van der Waals surface area (Å²) in [4.78, 5) is 24.2. The quantitative estimate of drug-likeness (QED) is 0.850. The molecule has 1 unspecified atom stereocenters. The van der Waals surface area contributed by atoms with Crippen LogP contribution in [0.1, 0.15) is 17.9 Å². The zero-order valence-corrected chi connectivity index (χ0v) is 13.2. The Morgan fingerprint density at radius 3 is 2.70 bits per heavy atom. The van der Waals surface area contributed by atoms with Crippen molar-refractivity contribution in [2.24, 2.45) is 0 Å². The lowest BCUT2D eigenvalue weighted by atomic mass is 9.89. The molecule has 1 aliphatic rings. The van der Waals surface area contributed by atoms with E-state index in [9.17, 15) is 14.0 Å². The second-order valence-electron chi connectivity index (χ2n) is 5.15. The smallest absolute Gasteiger partial charge is 0.232 e. The molecule has 0 saturated carbocycles. The molecule has 2 aromatic rings. The Labute approximate surface area is 141 Å². The third-order valence-corrected chi connectivity index (χ3v) is 4.30. The molecule has 0 saturated heterocycles. The zero-order chi connectivity index (χ0) is 16.6. The first kappa shape index (κ1) is 15.8. The van der Waals surface area contributed by atoms with Crippen LogP contribution in [0.3, 0.4) is 0 Å². The molecule has 0 spiro atoms. The molecule has 7 heteroatoms. The molecule has 0 aliphatic carbocycles. The third kappa shape index (κ3) is 3.30. The minimum absolute atomic E-state index is 0.00815. The Kier molecular flexibility index (Phi) is 4.24. The number of halogens is 3. The lowest BCUT2D eigenvalue weighted by Crippen LogP contribution is -2.30. The molecular weight excluding hydrogens is 342 g/mol. The van der Waals surface area contributed by atoms with Gasteiger partial charge >= 0.3 is 0 Å². The first-order valence-electron chi connectivity index (χ1n) is 6.79. The fourth-order valence-electron chi connectivity index (χ4n) is 2.47. The molecule has 118 valence electrons. The second-order valence-corrected chi connectivity index (χ2v) is 5.97. The monoisotopic (exact) mass is 352 g/mol. The van der Waals surface area contributed by atoms with Crippen LogP contribution in [0.4, 0.5) is 15.8 Å². The van der Waals surface area contributed by atoms with Crippen molar-refractivity contribution >= 4 is 46.4 Å². The molecule has 1 heterocycles. The molecule has 0 bridgehead atoms. The maximum absolute atomic E-state index is 13.3. The molecule has 1 atom stereocenters. The molecule has 2 amide bonds. The summed E-state index contributed by atoms with van der Waals surface area (Å²) in [6.07, 6.45) is -0.00815. The normalized spacial score (nSPS) is 16.5. The Balaban J connectivity index is 1.87. The van der Waals surface area contributed by atoms with Crippen LogP contribution in [0.25, 0.3) is 0 Å². The maximum Gasteiger partial charge on any atom is 0.232 e. The van der Waals surface area contributed by atoms with E-state index in [4.69, 9.17) is 23.2 Å². The maximum atomic E-state index is 13.3. The van der Waals surface area contributed by atoms with Gasteiger partial charge in [-0.2, -0.15) is 0 Å². The number of hydrogen-bond acceptors (Lipinski definition) is 2. The Bertz CT molecular complexity index is 811. The lowest BCUT2D eigenvalue weighted by molar-refractivity contribution is -0.123. The van der Waals surface area contributed by atoms with Crippen LogP contribution in [0.15, 0.2) is 36.4 Å². The highest BCUT2D eigenvalue weighted by Crippen LogP contribution is 2.34. The Hall–Kier alpha value is -2.11. The fraction of sp³-hybridized carbons (Fsp3) is 0.125. The summed E-state index contributed by atoms with van der Waals surface area (Å²) in [6, 6.07) is 8.66. The summed E-state index contributed by atoms with van der Waals surface area (Å²) in [5, 5.41) is 5.96. The SMILES string of the molecule is O=C1CC(C(=O)Nc2ccc(Cl)c(Cl)c2)c2ccc(F)cc2N1. The summed E-state index contributed by atoms with van der Waals surface area (Å²) < 4.78 is 13.3. The molecule has 1 aliphatic heterocycles. The van der Waals surface area contributed by atoms with Crippen molar-refractivity contribution < 1.29 is 14.0 Å². The molecule has 0 radical (unpaired) electrons. The van der Waals surface area contributed by atoms with Crippen LogP contribution in [0.2, 0.25) is 10.0 Å². The van der Waals surface area contributed by atoms with Gasteiger partial charge in [-0.15, -0.1) is 0 Å². The van der Waals surface area contributed by atoms with Crippen molar-refractivity contribution in [1.29, 1.82) is 0 Å². The van der Waals surface area contributed by atoms with E-state index in [2.05, 4.69) is 10.6 Å². The van der Waals surface area contributed by atoms with Crippen molar-refractivity contribution in [2.75, 3.05) is 10.6 Å². The van der Waals surface area contributed by atoms with Crippen molar-refractivity contribution in [2.45, 2.75) is 12.3 Å². The van der Waals surface area contributed by atoms with E-state index < -0.39 is 11.7 Å². The van der Waals surface area contributed by atoms with E-state index in [1.54, 1.807) is 12.1 Å². The minimum atomic E-state index is -0.700. The highest BCUT2D eigenvalue weighted by atomic mass is 35.5. The van der Waals surface area contributed by atoms with Gasteiger partial charge in [0.15, 0.2) is 0 Å². The zero-order valence-electron chi connectivity index (χ0n) is 11.7. The highest BCUT2D eigenvalue weighted by Gasteiger charge is 2.31. The van der Waals surface area contributed by atoms with Gasteiger partial charge < -0.3 is 10.6 Å². The predicted molar refractivity (Wildman–Crippen MR) is 87.5 cm³/mol. The number of carbonyl (C=O) groups excluding carboxylic acids is 2. The minimum Gasteiger partial charge on any atom is -0.326 e. The molecular formula is C16H11Cl2FN2O2. The van der Waals surface area contributed by atoms with Gasteiger partial charge in [0.1, 0.15) is 5.82 Å². The summed E-state index contributed by atoms with van der Waals surface area (Å²) >= 11 is 11.7. The first-order chi connectivity index (χ1) is 10.9. The Morgan fingerprint density at radius 1 is 1.17 bits per heavy atom. The number of rotatable bonds is 2. The van der Waals surface area contributed by atoms with E-state index in [1.165, 1.54) is 24.3 Å². The predicted octanol–water partition coefficient (Wildman–Crippen LogP) is 4.20. The topological polar surface area (TPSA) is 58.2 Å². The molecule has 2 N–H and O–H groups in total. The Morgan fingerprint density at radius 2 is 1.96 bits per heavy atom. The molecule has 0 aromatic heterocycles. The van der Waals surface area contributed by atoms with E-state index in [1.807, 2.05) is 0 Å². The van der Waals surface area contributed by atoms with Crippen molar-refractivity contribution in [1.82, 2.24) is 0 Å². The molecule has 4 nitrogen and oxygen atoms in total. The van der Waals surface area contributed by atoms with Gasteiger partial charge in [-0.05, 0) is 35.9 Å². The molecule has 0 fully saturated rings. The summed E-state index contributed by atoms with van der Waals surface area (Å²) in [5.74, 6) is -1.88. The van der Waals surface area contributed by atoms with E-state index >= 15 is 0 Å². The highest BCUT2D eigenvalue weighted by molar-refractivity contribution is 6.42. The van der Waals surface area contributed by atoms with Gasteiger partial charge in [0.2, 0.25) is 11.8 Å². The first-order valence-corrected chi connectivity index (χ1v) is 7.55. The van der Waals surface area contributed by atoms with E-state index in [0.717, 1.165) is 0 Å². The summed E-state index contributed by atoms with van der Waals surface area (Å²) in [7, 11) is 0. The third-order valence-electron chi connectivity index (χ3n) is 3.56. The van der Waals surface area contributed by atoms with Gasteiger partial charge in [0.25, 0.3) is 0 Å². The van der Waals surface area contributed by atoms with Gasteiger partial charge in [-0.1, -0.05) is 29.3 Å². The van der Waals surface area contributed by atoms with Gasteiger partial charge in [0.05, 0.1) is 16.0 Å². The average Bonchev–Trinajstić information content (AvgIpc) is 2.49. The fourth-order valence-corrected chi connectivity index (χ4v) is 2.77. The van der Waals surface area contributed by atoms with Crippen molar-refractivity contribution in [3.05, 3.63) is 57.8 Å². The van der Waals surface area contributed by atoms with Crippen LogP contribution in [0, 0.1) is 5.82 Å². The second kappa shape index (κ2) is 6.18. The van der Waals surface area contributed by atoms with Crippen LogP contribution in [-0.2, 0) is 9.59 Å². The number of hydrogen-bond donors (Lipinski definition) is 2. The lowest BCUT2D eigenvalue weighted by Gasteiger charge is -2.25. The van der Waals surface area contributed by atoms with Crippen LogP contribution in [0.5, 0.6) is 0 Å². The standard InChI is InChI=1S/C16H11Cl2FN2O2/c17-12-4-2-9(6-13(12)18)20-16(23)11-7-15(22)21-14-5-8(19)1-3-10(11)14/h1-6,11H,7H2,(H,20,23)(H,21,22). The van der Waals surface area contributed by atoms with Crippen LogP contribution >= 0.6 is 23.2 Å². The largest absolute Gasteiger partial charge is 0.326 e. The van der Waals surface area contributed by atoms with E-state index in [-0.39, 0.29) is 18.2 Å². The summed E-state index contributed by atoms with van der Waals surface area (Å²) in [6.45, 7) is 0. The number of fused-ring (bicyclic) bond motifs is 1. The summed E-state index contributed by atoms with van der Waals surface area (Å²) in [5.41, 5.74) is 1.36. The number of nitrogens with one attached hydrogen (secondary N) is 2. The van der Waals surface area contributed by atoms with E-state index in [0.29, 0.717) is 27.0 Å². The number of anilines is 2. The van der Waals surface area contributed by atoms with Crippen molar-refractivity contribution in [3.8, 4) is 0 Å². The van der Waals surface area contributed by atoms with Crippen molar-refractivity contribution in [3.63, 3.8) is 0 Å². The molecule has 23 heavy (non-hydrogen) atoms. The number of benzene rings is 2. The van der Waals surface area contributed by atoms with Gasteiger partial charge in [-0.3, -0.25) is 9.59 Å². The van der Waals surface area contributed by atoms with Gasteiger partial charge in [0, 0.05) is 17.8 Å². The van der Waals surface area contributed by atoms with Crippen LogP contribution in [-0.4, -0.2) is 11.8 Å². The number of carbonyl (C=O) groups is 2. The average molecular weight is 353 g/mol. The van der Waals surface area contributed by atoms with Crippen LogP contribution < -0.4 is 10.6 Å². The molecule has 2 aromatic carbocycles. The molecule has 3 rings (SSSR count).